The van der Waals surface area contributed by atoms with Crippen LogP contribution < -0.4 is 15.5 Å². The summed E-state index contributed by atoms with van der Waals surface area (Å²) in [6, 6.07) is 10.1. The van der Waals surface area contributed by atoms with Crippen LogP contribution in [0, 0.1) is 0 Å². The second-order valence-electron chi connectivity index (χ2n) is 7.59. The third kappa shape index (κ3) is 4.99. The summed E-state index contributed by atoms with van der Waals surface area (Å²) in [5.41, 5.74) is 2.97. The Morgan fingerprint density at radius 3 is 2.83 bits per heavy atom. The molecule has 0 saturated heterocycles. The molecule has 29 heavy (non-hydrogen) atoms. The number of hydrogen-bond acceptors (Lipinski definition) is 5. The number of aromatic nitrogens is 3. The van der Waals surface area contributed by atoms with Crippen LogP contribution in [0.15, 0.2) is 48.9 Å². The lowest BCUT2D eigenvalue weighted by Gasteiger charge is -2.22. The molecule has 7 heteroatoms. The monoisotopic (exact) mass is 390 g/mol. The topological polar surface area (TPSA) is 83.0 Å². The zero-order valence-electron chi connectivity index (χ0n) is 16.6. The highest BCUT2D eigenvalue weighted by Gasteiger charge is 2.16. The lowest BCUT2D eigenvalue weighted by atomic mass is 9.96. The van der Waals surface area contributed by atoms with Gasteiger partial charge in [0.25, 0.3) is 0 Å². The molecule has 7 nitrogen and oxygen atoms in total. The van der Waals surface area contributed by atoms with Gasteiger partial charge < -0.3 is 10.2 Å². The normalized spacial score (nSPS) is 14.5. The molecule has 2 amide bonds. The van der Waals surface area contributed by atoms with Gasteiger partial charge in [-0.05, 0) is 42.7 Å². The Balaban J connectivity index is 1.45. The molecule has 0 spiro atoms. The molecule has 1 saturated carbocycles. The molecule has 0 aliphatic heterocycles. The van der Waals surface area contributed by atoms with Gasteiger partial charge in [-0.25, -0.2) is 14.8 Å². The smallest absolute Gasteiger partial charge is 0.321 e. The van der Waals surface area contributed by atoms with Crippen molar-refractivity contribution in [2.24, 2.45) is 0 Å². The largest absolute Gasteiger partial charge is 0.370 e. The molecule has 2 N–H and O–H groups in total. The first kappa shape index (κ1) is 19.1. The lowest BCUT2D eigenvalue weighted by Crippen LogP contribution is -2.39. The number of pyridine rings is 1. The Bertz CT molecular complexity index is 971. The van der Waals surface area contributed by atoms with Gasteiger partial charge in [-0.1, -0.05) is 25.3 Å². The van der Waals surface area contributed by atoms with Crippen molar-refractivity contribution in [1.29, 1.82) is 0 Å². The molecule has 4 rings (SSSR count). The quantitative estimate of drug-likeness (QED) is 0.685. The zero-order chi connectivity index (χ0) is 20.1. The molecular weight excluding hydrogens is 364 g/mol. The van der Waals surface area contributed by atoms with E-state index in [2.05, 4.69) is 36.6 Å². The molecule has 150 valence electrons. The third-order valence-corrected chi connectivity index (χ3v) is 5.32. The van der Waals surface area contributed by atoms with Crippen LogP contribution in [-0.4, -0.2) is 34.1 Å². The number of rotatable bonds is 5. The number of nitrogens with one attached hydrogen (secondary N) is 2. The number of urea groups is 1. The molecule has 1 aromatic carbocycles. The summed E-state index contributed by atoms with van der Waals surface area (Å²) >= 11 is 0. The number of amides is 2. The summed E-state index contributed by atoms with van der Waals surface area (Å²) in [4.78, 5) is 27.4. The van der Waals surface area contributed by atoms with E-state index in [1.165, 1.54) is 19.3 Å². The maximum absolute atomic E-state index is 12.3. The fraction of sp³-hybridized carbons (Fsp3) is 0.364. The second-order valence-corrected chi connectivity index (χ2v) is 7.59. The SMILES string of the molecule is CN(Cc1cccnc1)c1ccc2cnc(NC(=O)NC3CCCCC3)nc2c1. The fourth-order valence-corrected chi connectivity index (χ4v) is 3.74. The second kappa shape index (κ2) is 8.86. The Morgan fingerprint density at radius 2 is 2.03 bits per heavy atom. The molecule has 3 aromatic rings. The minimum atomic E-state index is -0.235. The molecule has 1 fully saturated rings. The predicted molar refractivity (Wildman–Crippen MR) is 115 cm³/mol. The fourth-order valence-electron chi connectivity index (χ4n) is 3.74. The number of carbonyl (C=O) groups is 1. The van der Waals surface area contributed by atoms with Crippen LogP contribution in [0.4, 0.5) is 16.4 Å². The molecule has 0 unspecified atom stereocenters. The number of fused-ring (bicyclic) bond motifs is 1. The van der Waals surface area contributed by atoms with Crippen LogP contribution in [0.3, 0.4) is 0 Å². The molecule has 1 aliphatic carbocycles. The molecule has 2 heterocycles. The van der Waals surface area contributed by atoms with E-state index < -0.39 is 0 Å². The van der Waals surface area contributed by atoms with Gasteiger partial charge in [-0.3, -0.25) is 10.3 Å². The summed E-state index contributed by atoms with van der Waals surface area (Å²) in [6.45, 7) is 0.749. The van der Waals surface area contributed by atoms with Crippen LogP contribution in [0.25, 0.3) is 10.9 Å². The van der Waals surface area contributed by atoms with Crippen molar-refractivity contribution in [2.45, 2.75) is 44.7 Å². The third-order valence-electron chi connectivity index (χ3n) is 5.32. The average Bonchev–Trinajstić information content (AvgIpc) is 2.74. The van der Waals surface area contributed by atoms with E-state index >= 15 is 0 Å². The zero-order valence-corrected chi connectivity index (χ0v) is 16.6. The molecule has 2 aromatic heterocycles. The van der Waals surface area contributed by atoms with Gasteiger partial charge in [0, 0.05) is 49.3 Å². The van der Waals surface area contributed by atoms with E-state index in [9.17, 15) is 4.79 Å². The highest BCUT2D eigenvalue weighted by atomic mass is 16.2. The number of carbonyl (C=O) groups excluding carboxylic acids is 1. The Morgan fingerprint density at radius 1 is 1.17 bits per heavy atom. The summed E-state index contributed by atoms with van der Waals surface area (Å²) < 4.78 is 0. The maximum Gasteiger partial charge on any atom is 0.321 e. The van der Waals surface area contributed by atoms with Crippen molar-refractivity contribution >= 4 is 28.6 Å². The first-order chi connectivity index (χ1) is 14.2. The molecular formula is C22H26N6O. The van der Waals surface area contributed by atoms with E-state index in [1.54, 1.807) is 12.4 Å². The van der Waals surface area contributed by atoms with Crippen molar-refractivity contribution in [2.75, 3.05) is 17.3 Å². The summed E-state index contributed by atoms with van der Waals surface area (Å²) in [7, 11) is 2.03. The van der Waals surface area contributed by atoms with E-state index in [-0.39, 0.29) is 12.1 Å². The number of benzene rings is 1. The minimum Gasteiger partial charge on any atom is -0.370 e. The van der Waals surface area contributed by atoms with Crippen molar-refractivity contribution < 1.29 is 4.79 Å². The van der Waals surface area contributed by atoms with Gasteiger partial charge in [0.05, 0.1) is 5.52 Å². The predicted octanol–water partition coefficient (Wildman–Crippen LogP) is 4.12. The van der Waals surface area contributed by atoms with Gasteiger partial charge in [0.15, 0.2) is 0 Å². The highest BCUT2D eigenvalue weighted by Crippen LogP contribution is 2.22. The Kier molecular flexibility index (Phi) is 5.84. The number of anilines is 2. The van der Waals surface area contributed by atoms with E-state index in [1.807, 2.05) is 37.5 Å². The van der Waals surface area contributed by atoms with E-state index in [4.69, 9.17) is 0 Å². The standard InChI is InChI=1S/C22H26N6O/c1-28(15-16-6-5-11-23-13-16)19-10-9-17-14-24-21(26-20(17)12-19)27-22(29)25-18-7-3-2-4-8-18/h5-6,9-14,18H,2-4,7-8,15H2,1H3,(H2,24,25,26,27,29). The summed E-state index contributed by atoms with van der Waals surface area (Å²) in [6.07, 6.45) is 11.1. The van der Waals surface area contributed by atoms with Crippen LogP contribution in [0.5, 0.6) is 0 Å². The van der Waals surface area contributed by atoms with Crippen LogP contribution in [0.1, 0.15) is 37.7 Å². The van der Waals surface area contributed by atoms with E-state index in [0.717, 1.165) is 41.5 Å². The van der Waals surface area contributed by atoms with Gasteiger partial charge in [-0.2, -0.15) is 0 Å². The first-order valence-corrected chi connectivity index (χ1v) is 10.1. The first-order valence-electron chi connectivity index (χ1n) is 10.1. The summed E-state index contributed by atoms with van der Waals surface area (Å²) in [5.74, 6) is 0.317. The lowest BCUT2D eigenvalue weighted by molar-refractivity contribution is 0.244. The number of nitrogens with zero attached hydrogens (tertiary/aromatic N) is 4. The molecule has 0 radical (unpaired) electrons. The van der Waals surface area contributed by atoms with Crippen LogP contribution >= 0.6 is 0 Å². The average molecular weight is 390 g/mol. The van der Waals surface area contributed by atoms with Gasteiger partial charge in [-0.15, -0.1) is 0 Å². The maximum atomic E-state index is 12.3. The van der Waals surface area contributed by atoms with Gasteiger partial charge in [0.2, 0.25) is 5.95 Å². The van der Waals surface area contributed by atoms with Crippen molar-refractivity contribution in [3.8, 4) is 0 Å². The Labute approximate surface area is 170 Å². The number of hydrogen-bond donors (Lipinski definition) is 2. The molecule has 0 bridgehead atoms. The van der Waals surface area contributed by atoms with Crippen LogP contribution in [-0.2, 0) is 6.54 Å². The van der Waals surface area contributed by atoms with Crippen molar-refractivity contribution in [3.63, 3.8) is 0 Å². The molecule has 0 atom stereocenters. The molecule has 1 aliphatic rings. The Hall–Kier alpha value is -3.22. The van der Waals surface area contributed by atoms with Crippen molar-refractivity contribution in [1.82, 2.24) is 20.3 Å². The van der Waals surface area contributed by atoms with Crippen molar-refractivity contribution in [3.05, 3.63) is 54.5 Å². The minimum absolute atomic E-state index is 0.235. The van der Waals surface area contributed by atoms with Gasteiger partial charge in [0.1, 0.15) is 0 Å². The van der Waals surface area contributed by atoms with E-state index in [0.29, 0.717) is 5.95 Å². The van der Waals surface area contributed by atoms with Crippen LogP contribution in [0.2, 0.25) is 0 Å². The summed E-state index contributed by atoms with van der Waals surface area (Å²) in [5, 5.41) is 6.74. The highest BCUT2D eigenvalue weighted by molar-refractivity contribution is 5.89. The van der Waals surface area contributed by atoms with Gasteiger partial charge >= 0.3 is 6.03 Å².